The fraction of sp³-hybridized carbons (Fsp3) is 0.353. The summed E-state index contributed by atoms with van der Waals surface area (Å²) in [6, 6.07) is 9.88. The number of nitrogens with zero attached hydrogens (tertiary/aromatic N) is 3. The number of hydrogen-bond donors (Lipinski definition) is 1. The molecule has 0 spiro atoms. The lowest BCUT2D eigenvalue weighted by atomic mass is 10.1. The van der Waals surface area contributed by atoms with Crippen LogP contribution in [-0.2, 0) is 17.8 Å². The molecule has 0 aliphatic heterocycles. The summed E-state index contributed by atoms with van der Waals surface area (Å²) in [6.45, 7) is 4.28. The monoisotopic (exact) mass is 298 g/mol. The minimum absolute atomic E-state index is 0.0258. The van der Waals surface area contributed by atoms with E-state index in [2.05, 4.69) is 15.3 Å². The molecule has 0 saturated heterocycles. The molecule has 0 aliphatic carbocycles. The molecular formula is C17H22N4O. The molecule has 0 fully saturated rings. The predicted molar refractivity (Wildman–Crippen MR) is 87.8 cm³/mol. The number of anilines is 1. The van der Waals surface area contributed by atoms with E-state index < -0.39 is 0 Å². The topological polar surface area (TPSA) is 58.1 Å². The summed E-state index contributed by atoms with van der Waals surface area (Å²) in [5.74, 6) is 1.44. The van der Waals surface area contributed by atoms with Crippen LogP contribution in [0.3, 0.4) is 0 Å². The van der Waals surface area contributed by atoms with Gasteiger partial charge < -0.3 is 10.2 Å². The molecule has 5 nitrogen and oxygen atoms in total. The Hall–Kier alpha value is -2.43. The zero-order valence-electron chi connectivity index (χ0n) is 13.6. The molecule has 0 unspecified atom stereocenters. The third-order valence-electron chi connectivity index (χ3n) is 3.24. The molecule has 1 heterocycles. The summed E-state index contributed by atoms with van der Waals surface area (Å²) in [5, 5.41) is 2.88. The third-order valence-corrected chi connectivity index (χ3v) is 3.24. The molecule has 0 radical (unpaired) electrons. The number of amides is 1. The highest BCUT2D eigenvalue weighted by Crippen LogP contribution is 2.09. The Bertz CT molecular complexity index is 667. The summed E-state index contributed by atoms with van der Waals surface area (Å²) < 4.78 is 0. The van der Waals surface area contributed by atoms with Crippen molar-refractivity contribution in [3.63, 3.8) is 0 Å². The molecule has 5 heteroatoms. The first kappa shape index (κ1) is 15.9. The van der Waals surface area contributed by atoms with Crippen LogP contribution in [-0.4, -0.2) is 30.0 Å². The highest BCUT2D eigenvalue weighted by molar-refractivity contribution is 5.78. The van der Waals surface area contributed by atoms with Gasteiger partial charge >= 0.3 is 0 Å². The fourth-order valence-corrected chi connectivity index (χ4v) is 2.17. The molecule has 0 aliphatic rings. The first-order valence-electron chi connectivity index (χ1n) is 7.28. The van der Waals surface area contributed by atoms with Gasteiger partial charge in [0.15, 0.2) is 0 Å². The molecule has 22 heavy (non-hydrogen) atoms. The van der Waals surface area contributed by atoms with E-state index in [-0.39, 0.29) is 5.91 Å². The molecule has 1 aromatic carbocycles. The largest absolute Gasteiger partial charge is 0.363 e. The number of benzene rings is 1. The van der Waals surface area contributed by atoms with Crippen LogP contribution in [0.25, 0.3) is 0 Å². The normalized spacial score (nSPS) is 10.4. The number of nitrogens with one attached hydrogen (secondary N) is 1. The van der Waals surface area contributed by atoms with Crippen LogP contribution < -0.4 is 10.2 Å². The van der Waals surface area contributed by atoms with Gasteiger partial charge in [-0.2, -0.15) is 0 Å². The molecule has 1 amide bonds. The van der Waals surface area contributed by atoms with Crippen LogP contribution in [0.15, 0.2) is 30.3 Å². The molecule has 0 atom stereocenters. The summed E-state index contributed by atoms with van der Waals surface area (Å²) in [7, 11) is 3.86. The molecule has 1 aromatic heterocycles. The van der Waals surface area contributed by atoms with Crippen LogP contribution in [0.1, 0.15) is 22.6 Å². The lowest BCUT2D eigenvalue weighted by Crippen LogP contribution is -2.26. The first-order valence-corrected chi connectivity index (χ1v) is 7.28. The van der Waals surface area contributed by atoms with Crippen molar-refractivity contribution < 1.29 is 4.79 Å². The van der Waals surface area contributed by atoms with Crippen molar-refractivity contribution in [1.29, 1.82) is 0 Å². The van der Waals surface area contributed by atoms with Crippen molar-refractivity contribution >= 4 is 11.7 Å². The Kier molecular flexibility index (Phi) is 5.09. The summed E-state index contributed by atoms with van der Waals surface area (Å²) in [5.41, 5.74) is 3.06. The van der Waals surface area contributed by atoms with E-state index in [1.54, 1.807) is 0 Å². The molecule has 1 N–H and O–H groups in total. The summed E-state index contributed by atoms with van der Waals surface area (Å²) in [4.78, 5) is 22.7. The van der Waals surface area contributed by atoms with Crippen molar-refractivity contribution in [1.82, 2.24) is 15.3 Å². The Morgan fingerprint density at radius 3 is 2.64 bits per heavy atom. The lowest BCUT2D eigenvalue weighted by molar-refractivity contribution is -0.120. The van der Waals surface area contributed by atoms with Gasteiger partial charge in [0.25, 0.3) is 0 Å². The van der Waals surface area contributed by atoms with E-state index in [1.165, 1.54) is 0 Å². The van der Waals surface area contributed by atoms with Gasteiger partial charge in [-0.1, -0.05) is 29.8 Å². The minimum atomic E-state index is -0.0258. The van der Waals surface area contributed by atoms with Gasteiger partial charge in [-0.05, 0) is 19.4 Å². The minimum Gasteiger partial charge on any atom is -0.363 e. The van der Waals surface area contributed by atoms with Crippen LogP contribution in [0, 0.1) is 13.8 Å². The number of aromatic nitrogens is 2. The second-order valence-electron chi connectivity index (χ2n) is 5.62. The molecule has 2 rings (SSSR count). The highest BCUT2D eigenvalue weighted by atomic mass is 16.1. The van der Waals surface area contributed by atoms with Gasteiger partial charge in [0.1, 0.15) is 11.6 Å². The van der Waals surface area contributed by atoms with Gasteiger partial charge in [-0.15, -0.1) is 0 Å². The number of aryl methyl sites for hydroxylation is 2. The number of rotatable bonds is 5. The summed E-state index contributed by atoms with van der Waals surface area (Å²) >= 11 is 0. The van der Waals surface area contributed by atoms with E-state index in [0.29, 0.717) is 18.8 Å². The zero-order chi connectivity index (χ0) is 16.1. The maximum atomic E-state index is 12.0. The van der Waals surface area contributed by atoms with Crippen LogP contribution in [0.5, 0.6) is 0 Å². The number of carbonyl (C=O) groups excluding carboxylic acids is 1. The van der Waals surface area contributed by atoms with Gasteiger partial charge in [0, 0.05) is 25.9 Å². The van der Waals surface area contributed by atoms with Gasteiger partial charge in [-0.25, -0.2) is 9.97 Å². The highest BCUT2D eigenvalue weighted by Gasteiger charge is 2.07. The quantitative estimate of drug-likeness (QED) is 0.917. The van der Waals surface area contributed by atoms with Crippen LogP contribution in [0.4, 0.5) is 5.82 Å². The Balaban J connectivity index is 1.96. The van der Waals surface area contributed by atoms with Crippen molar-refractivity contribution in [3.8, 4) is 0 Å². The molecule has 0 bridgehead atoms. The third kappa shape index (κ3) is 4.55. The van der Waals surface area contributed by atoms with Crippen molar-refractivity contribution in [3.05, 3.63) is 53.0 Å². The molecule has 2 aromatic rings. The lowest BCUT2D eigenvalue weighted by Gasteiger charge is -2.13. The number of carbonyl (C=O) groups is 1. The SMILES string of the molecule is Cc1cccc(CC(=O)NCc2nc(C)cc(N(C)C)n2)c1. The second kappa shape index (κ2) is 7.02. The Morgan fingerprint density at radius 2 is 1.95 bits per heavy atom. The smallest absolute Gasteiger partial charge is 0.224 e. The van der Waals surface area contributed by atoms with E-state index in [9.17, 15) is 4.79 Å². The van der Waals surface area contributed by atoms with E-state index in [1.807, 2.05) is 63.2 Å². The van der Waals surface area contributed by atoms with Crippen LogP contribution >= 0.6 is 0 Å². The fourth-order valence-electron chi connectivity index (χ4n) is 2.17. The van der Waals surface area contributed by atoms with Gasteiger partial charge in [0.2, 0.25) is 5.91 Å². The van der Waals surface area contributed by atoms with E-state index >= 15 is 0 Å². The van der Waals surface area contributed by atoms with E-state index in [4.69, 9.17) is 0 Å². The van der Waals surface area contributed by atoms with Gasteiger partial charge in [0.05, 0.1) is 13.0 Å². The molecule has 0 saturated carbocycles. The summed E-state index contributed by atoms with van der Waals surface area (Å²) in [6.07, 6.45) is 0.369. The van der Waals surface area contributed by atoms with E-state index in [0.717, 1.165) is 22.6 Å². The zero-order valence-corrected chi connectivity index (χ0v) is 13.6. The average Bonchev–Trinajstić information content (AvgIpc) is 2.44. The van der Waals surface area contributed by atoms with Crippen molar-refractivity contribution in [2.75, 3.05) is 19.0 Å². The average molecular weight is 298 g/mol. The van der Waals surface area contributed by atoms with Crippen molar-refractivity contribution in [2.45, 2.75) is 26.8 Å². The van der Waals surface area contributed by atoms with Crippen molar-refractivity contribution in [2.24, 2.45) is 0 Å². The Morgan fingerprint density at radius 1 is 1.18 bits per heavy atom. The molecule has 116 valence electrons. The second-order valence-corrected chi connectivity index (χ2v) is 5.62. The maximum Gasteiger partial charge on any atom is 0.224 e. The maximum absolute atomic E-state index is 12.0. The Labute approximate surface area is 131 Å². The van der Waals surface area contributed by atoms with Crippen LogP contribution in [0.2, 0.25) is 0 Å². The standard InChI is InChI=1S/C17H22N4O/c1-12-6-5-7-14(8-12)10-17(22)18-11-15-19-13(2)9-16(20-15)21(3)4/h5-9H,10-11H2,1-4H3,(H,18,22). The first-order chi connectivity index (χ1) is 10.4. The predicted octanol–water partition coefficient (Wildman–Crippen LogP) is 2.02. The van der Waals surface area contributed by atoms with Gasteiger partial charge in [-0.3, -0.25) is 4.79 Å². The molecular weight excluding hydrogens is 276 g/mol. The number of hydrogen-bond acceptors (Lipinski definition) is 4.